The van der Waals surface area contributed by atoms with E-state index in [0.717, 1.165) is 29.5 Å². The lowest BCUT2D eigenvalue weighted by molar-refractivity contribution is -0.169. The van der Waals surface area contributed by atoms with Gasteiger partial charge in [-0.25, -0.2) is 17.9 Å². The van der Waals surface area contributed by atoms with E-state index in [1.54, 1.807) is 0 Å². The molecule has 8 nitrogen and oxygen atoms in total. The topological polar surface area (TPSA) is 139 Å². The van der Waals surface area contributed by atoms with Gasteiger partial charge < -0.3 is 15.7 Å². The number of aliphatic hydroxyl groups excluding tert-OH is 1. The van der Waals surface area contributed by atoms with Crippen molar-refractivity contribution in [1.29, 1.82) is 0 Å². The Balaban J connectivity index is 2.24. The molecule has 182 valence electrons. The molecule has 0 radical (unpaired) electrons. The fourth-order valence-corrected chi connectivity index (χ4v) is 5.76. The van der Waals surface area contributed by atoms with Gasteiger partial charge in [-0.3, -0.25) is 9.59 Å². The maximum Gasteiger partial charge on any atom is 0.349 e. The molecule has 14 heteroatoms. The van der Waals surface area contributed by atoms with Gasteiger partial charge in [-0.2, -0.15) is 8.78 Å². The molecule has 1 heterocycles. The highest BCUT2D eigenvalue weighted by molar-refractivity contribution is 9.11. The van der Waals surface area contributed by atoms with Gasteiger partial charge in [-0.1, -0.05) is 26.0 Å². The lowest BCUT2D eigenvalue weighted by Crippen LogP contribution is -2.52. The van der Waals surface area contributed by atoms with Gasteiger partial charge >= 0.3 is 5.92 Å². The van der Waals surface area contributed by atoms with Crippen LogP contribution < -0.4 is 15.8 Å². The molecular formula is C19H21BrF3N3O5S2. The average molecular weight is 572 g/mol. The highest BCUT2D eigenvalue weighted by Gasteiger charge is 2.48. The second-order valence-electron chi connectivity index (χ2n) is 7.39. The number of benzene rings is 1. The number of amides is 2. The summed E-state index contributed by atoms with van der Waals surface area (Å²) < 4.78 is 65.2. The SMILES string of the molecule is CC(C)C(O)C(F)(F)C(=O)NC(CNC(=O)c1cc(S(N)(=O)=O)c(Br)s1)c1ccc(F)cc1. The van der Waals surface area contributed by atoms with E-state index in [9.17, 15) is 36.3 Å². The summed E-state index contributed by atoms with van der Waals surface area (Å²) in [5.41, 5.74) is 0.206. The zero-order valence-electron chi connectivity index (χ0n) is 17.3. The number of rotatable bonds is 9. The second kappa shape index (κ2) is 10.5. The third-order valence-electron chi connectivity index (χ3n) is 4.54. The first-order chi connectivity index (χ1) is 15.1. The lowest BCUT2D eigenvalue weighted by atomic mass is 9.99. The first kappa shape index (κ1) is 27.2. The standard InChI is InChI=1S/C19H21BrF3N3O5S2/c1-9(2)15(27)19(22,23)18(29)26-12(10-3-5-11(21)6-4-10)8-25-17(28)13-7-14(16(20)32-13)33(24,30)31/h3-7,9,12,15,27H,8H2,1-2H3,(H,25,28)(H,26,29)(H2,24,30,31). The van der Waals surface area contributed by atoms with Crippen LogP contribution in [0.4, 0.5) is 13.2 Å². The van der Waals surface area contributed by atoms with Gasteiger partial charge in [0, 0.05) is 6.54 Å². The summed E-state index contributed by atoms with van der Waals surface area (Å²) in [4.78, 5) is 24.4. The minimum atomic E-state index is -4.13. The summed E-state index contributed by atoms with van der Waals surface area (Å²) >= 11 is 3.78. The number of alkyl halides is 2. The predicted octanol–water partition coefficient (Wildman–Crippen LogP) is 2.54. The van der Waals surface area contributed by atoms with E-state index in [-0.39, 0.29) is 19.1 Å². The molecule has 0 bridgehead atoms. The monoisotopic (exact) mass is 571 g/mol. The Bertz CT molecular complexity index is 1120. The smallest absolute Gasteiger partial charge is 0.349 e. The van der Waals surface area contributed by atoms with E-state index in [4.69, 9.17) is 5.14 Å². The normalized spacial score (nSPS) is 14.1. The van der Waals surface area contributed by atoms with Gasteiger partial charge in [0.15, 0.2) is 0 Å². The number of nitrogens with two attached hydrogens (primary N) is 1. The molecule has 0 saturated heterocycles. The molecule has 2 rings (SSSR count). The molecule has 0 aliphatic heterocycles. The van der Waals surface area contributed by atoms with E-state index in [1.807, 2.05) is 0 Å². The zero-order chi connectivity index (χ0) is 25.1. The van der Waals surface area contributed by atoms with Crippen LogP contribution in [0, 0.1) is 11.7 Å². The minimum Gasteiger partial charge on any atom is -0.386 e. The number of halogens is 4. The van der Waals surface area contributed by atoms with Gasteiger partial charge in [-0.15, -0.1) is 11.3 Å². The Morgan fingerprint density at radius 1 is 1.24 bits per heavy atom. The molecule has 5 N–H and O–H groups in total. The number of hydrogen-bond donors (Lipinski definition) is 4. The van der Waals surface area contributed by atoms with Crippen molar-refractivity contribution in [2.75, 3.05) is 6.54 Å². The third kappa shape index (κ3) is 6.76. The summed E-state index contributed by atoms with van der Waals surface area (Å²) in [5.74, 6) is -8.18. The summed E-state index contributed by atoms with van der Waals surface area (Å²) in [7, 11) is -4.09. The Labute approximate surface area is 200 Å². The Morgan fingerprint density at radius 2 is 1.82 bits per heavy atom. The van der Waals surface area contributed by atoms with Crippen LogP contribution in [0.5, 0.6) is 0 Å². The van der Waals surface area contributed by atoms with Crippen LogP contribution in [0.15, 0.2) is 39.0 Å². The van der Waals surface area contributed by atoms with Crippen LogP contribution in [0.3, 0.4) is 0 Å². The van der Waals surface area contributed by atoms with Crippen molar-refractivity contribution in [2.45, 2.75) is 36.8 Å². The third-order valence-corrected chi connectivity index (χ3v) is 7.70. The van der Waals surface area contributed by atoms with Crippen LogP contribution >= 0.6 is 27.3 Å². The molecule has 0 aliphatic carbocycles. The van der Waals surface area contributed by atoms with Gasteiger partial charge in [0.25, 0.3) is 11.8 Å². The first-order valence-electron chi connectivity index (χ1n) is 9.37. The predicted molar refractivity (Wildman–Crippen MR) is 119 cm³/mol. The number of nitrogens with one attached hydrogen (secondary N) is 2. The van der Waals surface area contributed by atoms with Crippen molar-refractivity contribution < 1.29 is 36.3 Å². The molecule has 1 aromatic carbocycles. The molecule has 2 unspecified atom stereocenters. The number of hydrogen-bond acceptors (Lipinski definition) is 6. The summed E-state index contributed by atoms with van der Waals surface area (Å²) in [6, 6.07) is 4.40. The van der Waals surface area contributed by atoms with E-state index in [2.05, 4.69) is 26.6 Å². The number of carbonyl (C=O) groups excluding carboxylic acids is 2. The molecule has 0 fully saturated rings. The maximum absolute atomic E-state index is 14.3. The molecule has 2 atom stereocenters. The van der Waals surface area contributed by atoms with Crippen molar-refractivity contribution >= 4 is 49.1 Å². The number of sulfonamides is 1. The van der Waals surface area contributed by atoms with Crippen LogP contribution in [0.25, 0.3) is 0 Å². The number of aliphatic hydroxyl groups is 1. The molecule has 0 aliphatic rings. The molecule has 0 spiro atoms. The van der Waals surface area contributed by atoms with Crippen molar-refractivity contribution in [3.8, 4) is 0 Å². The van der Waals surface area contributed by atoms with Crippen molar-refractivity contribution in [1.82, 2.24) is 10.6 Å². The molecular weight excluding hydrogens is 551 g/mol. The number of thiophene rings is 1. The van der Waals surface area contributed by atoms with Crippen molar-refractivity contribution in [2.24, 2.45) is 11.1 Å². The maximum atomic E-state index is 14.3. The highest BCUT2D eigenvalue weighted by atomic mass is 79.9. The van der Waals surface area contributed by atoms with E-state index >= 15 is 0 Å². The molecule has 2 amide bonds. The summed E-state index contributed by atoms with van der Waals surface area (Å²) in [5, 5.41) is 19.3. The molecule has 33 heavy (non-hydrogen) atoms. The Morgan fingerprint density at radius 3 is 2.30 bits per heavy atom. The largest absolute Gasteiger partial charge is 0.386 e. The summed E-state index contributed by atoms with van der Waals surface area (Å²) in [6.45, 7) is 2.24. The molecule has 1 aromatic heterocycles. The van der Waals surface area contributed by atoms with Crippen LogP contribution in [-0.2, 0) is 14.8 Å². The van der Waals surface area contributed by atoms with Gasteiger partial charge in [0.05, 0.1) is 14.7 Å². The van der Waals surface area contributed by atoms with E-state index in [1.165, 1.54) is 26.0 Å². The van der Waals surface area contributed by atoms with Gasteiger partial charge in [-0.05, 0) is 45.6 Å². The average Bonchev–Trinajstić information content (AvgIpc) is 3.12. The second-order valence-corrected chi connectivity index (χ2v) is 11.3. The summed E-state index contributed by atoms with van der Waals surface area (Å²) in [6.07, 6.45) is -2.25. The fourth-order valence-electron chi connectivity index (χ4n) is 2.69. The van der Waals surface area contributed by atoms with Crippen LogP contribution in [0.1, 0.15) is 35.1 Å². The fraction of sp³-hybridized carbons (Fsp3) is 0.368. The first-order valence-corrected chi connectivity index (χ1v) is 12.5. The Kier molecular flexibility index (Phi) is 8.68. The van der Waals surface area contributed by atoms with Crippen molar-refractivity contribution in [3.05, 3.63) is 50.4 Å². The molecule has 0 saturated carbocycles. The molecule has 2 aromatic rings. The van der Waals surface area contributed by atoms with Crippen LogP contribution in [0.2, 0.25) is 0 Å². The van der Waals surface area contributed by atoms with Crippen LogP contribution in [-0.4, -0.2) is 43.9 Å². The number of carbonyl (C=O) groups is 2. The zero-order valence-corrected chi connectivity index (χ0v) is 20.5. The Hall–Kier alpha value is -2.00. The minimum absolute atomic E-state index is 0.0457. The van der Waals surface area contributed by atoms with E-state index in [0.29, 0.717) is 0 Å². The quantitative estimate of drug-likeness (QED) is 0.366. The number of primary sulfonamides is 1. The lowest BCUT2D eigenvalue weighted by Gasteiger charge is -2.27. The van der Waals surface area contributed by atoms with Gasteiger partial charge in [0.2, 0.25) is 10.0 Å². The van der Waals surface area contributed by atoms with E-state index < -0.39 is 58.2 Å². The van der Waals surface area contributed by atoms with Gasteiger partial charge in [0.1, 0.15) is 16.8 Å². The van der Waals surface area contributed by atoms with Crippen molar-refractivity contribution in [3.63, 3.8) is 0 Å². The highest BCUT2D eigenvalue weighted by Crippen LogP contribution is 2.31.